The lowest BCUT2D eigenvalue weighted by Crippen LogP contribution is -2.35. The van der Waals surface area contributed by atoms with Gasteiger partial charge in [-0.1, -0.05) is 19.1 Å². The number of hydrazine groups is 1. The van der Waals surface area contributed by atoms with Crippen molar-refractivity contribution >= 4 is 33.6 Å². The summed E-state index contributed by atoms with van der Waals surface area (Å²) in [5.41, 5.74) is 5.54. The summed E-state index contributed by atoms with van der Waals surface area (Å²) in [5, 5.41) is 6.37. The molecule has 1 aliphatic heterocycles. The first-order valence-corrected chi connectivity index (χ1v) is 11.1. The largest absolute Gasteiger partial charge is 0.317 e. The van der Waals surface area contributed by atoms with Crippen molar-refractivity contribution in [1.82, 2.24) is 9.99 Å². The van der Waals surface area contributed by atoms with Gasteiger partial charge in [-0.05, 0) is 66.6 Å². The van der Waals surface area contributed by atoms with Crippen LogP contribution in [0.1, 0.15) is 18.2 Å². The normalized spacial score (nSPS) is 15.5. The Morgan fingerprint density at radius 1 is 0.968 bits per heavy atom. The number of nitrogens with two attached hydrogens (primary N) is 1. The third kappa shape index (κ3) is 4.00. The predicted octanol–water partition coefficient (Wildman–Crippen LogP) is 2.15. The highest BCUT2D eigenvalue weighted by molar-refractivity contribution is 7.89. The number of primary sulfonamides is 1. The van der Waals surface area contributed by atoms with Crippen LogP contribution in [0.4, 0.5) is 5.69 Å². The van der Waals surface area contributed by atoms with Gasteiger partial charge >= 0.3 is 0 Å². The highest BCUT2D eigenvalue weighted by Gasteiger charge is 2.34. The average molecular weight is 436 g/mol. The second-order valence-corrected chi connectivity index (χ2v) is 8.56. The highest BCUT2D eigenvalue weighted by atomic mass is 32.2. The topological polar surface area (TPSA) is 114 Å². The number of nitrogens with zero attached hydrogens (tertiary/aromatic N) is 2. The maximum Gasteiger partial charge on any atom is 0.282 e. The van der Waals surface area contributed by atoms with Gasteiger partial charge in [0.1, 0.15) is 5.57 Å². The van der Waals surface area contributed by atoms with Crippen molar-refractivity contribution in [1.29, 1.82) is 0 Å². The molecule has 2 heterocycles. The number of anilines is 1. The molecule has 2 aromatic carbocycles. The fourth-order valence-electron chi connectivity index (χ4n) is 3.31. The number of carbonyl (C=O) groups is 2. The zero-order chi connectivity index (χ0) is 22.2. The molecule has 2 amide bonds. The van der Waals surface area contributed by atoms with Gasteiger partial charge < -0.3 is 4.57 Å². The van der Waals surface area contributed by atoms with Crippen LogP contribution >= 0.6 is 0 Å². The van der Waals surface area contributed by atoms with E-state index in [1.807, 2.05) is 19.1 Å². The number of nitrogens with one attached hydrogen (secondary N) is 1. The van der Waals surface area contributed by atoms with Crippen LogP contribution in [-0.4, -0.2) is 24.8 Å². The molecule has 1 fully saturated rings. The molecule has 4 rings (SSSR count). The molecule has 0 spiro atoms. The van der Waals surface area contributed by atoms with E-state index in [1.54, 1.807) is 47.2 Å². The third-order valence-electron chi connectivity index (χ3n) is 5.01. The average Bonchev–Trinajstić information content (AvgIpc) is 3.33. The van der Waals surface area contributed by atoms with E-state index in [4.69, 9.17) is 5.14 Å². The van der Waals surface area contributed by atoms with Gasteiger partial charge in [-0.2, -0.15) is 0 Å². The summed E-state index contributed by atoms with van der Waals surface area (Å²) in [6.45, 7) is 2.04. The maximum absolute atomic E-state index is 12.9. The molecule has 9 heteroatoms. The van der Waals surface area contributed by atoms with Crippen molar-refractivity contribution in [2.45, 2.75) is 18.2 Å². The van der Waals surface area contributed by atoms with Gasteiger partial charge in [-0.25, -0.2) is 18.6 Å². The minimum atomic E-state index is -3.79. The summed E-state index contributed by atoms with van der Waals surface area (Å²) < 4.78 is 24.7. The molecule has 0 saturated carbocycles. The van der Waals surface area contributed by atoms with Gasteiger partial charge in [0.05, 0.1) is 10.6 Å². The van der Waals surface area contributed by atoms with E-state index in [9.17, 15) is 18.0 Å². The monoisotopic (exact) mass is 436 g/mol. The summed E-state index contributed by atoms with van der Waals surface area (Å²) in [6.07, 6.45) is 4.13. The van der Waals surface area contributed by atoms with E-state index in [0.717, 1.165) is 12.0 Å². The Labute approximate surface area is 179 Å². The van der Waals surface area contributed by atoms with Crippen LogP contribution in [0.5, 0.6) is 0 Å². The first-order valence-electron chi connectivity index (χ1n) is 9.54. The number of aromatic nitrogens is 1. The molecule has 3 N–H and O–H groups in total. The van der Waals surface area contributed by atoms with Gasteiger partial charge in [0.25, 0.3) is 11.8 Å². The van der Waals surface area contributed by atoms with Crippen molar-refractivity contribution in [2.75, 3.05) is 5.01 Å². The van der Waals surface area contributed by atoms with Gasteiger partial charge in [0, 0.05) is 17.6 Å². The SMILES string of the molecule is CCc1ccc(N2NC(=O)C(=Cc3cccn3-c3ccc(S(N)(=O)=O)cc3)C2=O)cc1. The molecule has 158 valence electrons. The number of amides is 2. The zero-order valence-electron chi connectivity index (χ0n) is 16.6. The third-order valence-corrected chi connectivity index (χ3v) is 5.94. The lowest BCUT2D eigenvalue weighted by Gasteiger charge is -2.14. The Hall–Kier alpha value is -3.69. The second-order valence-electron chi connectivity index (χ2n) is 7.00. The van der Waals surface area contributed by atoms with Crippen molar-refractivity contribution in [3.63, 3.8) is 0 Å². The Morgan fingerprint density at radius 3 is 2.23 bits per heavy atom. The highest BCUT2D eigenvalue weighted by Crippen LogP contribution is 2.23. The molecular weight excluding hydrogens is 416 g/mol. The van der Waals surface area contributed by atoms with Crippen molar-refractivity contribution < 1.29 is 18.0 Å². The molecule has 3 aromatic rings. The Balaban J connectivity index is 1.64. The van der Waals surface area contributed by atoms with E-state index >= 15 is 0 Å². The van der Waals surface area contributed by atoms with Gasteiger partial charge in [0.2, 0.25) is 10.0 Å². The molecule has 0 aliphatic carbocycles. The minimum Gasteiger partial charge on any atom is -0.317 e. The maximum atomic E-state index is 12.9. The van der Waals surface area contributed by atoms with Crippen LogP contribution in [0.3, 0.4) is 0 Å². The van der Waals surface area contributed by atoms with Crippen molar-refractivity contribution in [2.24, 2.45) is 5.14 Å². The number of rotatable bonds is 5. The number of benzene rings is 2. The van der Waals surface area contributed by atoms with Crippen LogP contribution in [0, 0.1) is 0 Å². The lowest BCUT2D eigenvalue weighted by molar-refractivity contribution is -0.117. The van der Waals surface area contributed by atoms with E-state index in [-0.39, 0.29) is 10.5 Å². The summed E-state index contributed by atoms with van der Waals surface area (Å²) in [4.78, 5) is 25.4. The van der Waals surface area contributed by atoms with Crippen molar-refractivity contribution in [3.05, 3.63) is 83.7 Å². The molecule has 1 aliphatic rings. The molecule has 0 radical (unpaired) electrons. The molecule has 0 unspecified atom stereocenters. The first kappa shape index (κ1) is 20.6. The summed E-state index contributed by atoms with van der Waals surface area (Å²) in [5.74, 6) is -0.950. The fourth-order valence-corrected chi connectivity index (χ4v) is 3.83. The van der Waals surface area contributed by atoms with Crippen LogP contribution in [0.15, 0.2) is 77.3 Å². The number of hydrogen-bond acceptors (Lipinski definition) is 4. The standard InChI is InChI=1S/C22H20N4O4S/c1-2-15-5-7-17(8-6-15)26-22(28)20(21(27)24-26)14-18-4-3-13-25(18)16-9-11-19(12-10-16)31(23,29)30/h3-14H,2H2,1H3,(H,24,27)(H2,23,29,30). The Morgan fingerprint density at radius 2 is 1.61 bits per heavy atom. The molecule has 8 nitrogen and oxygen atoms in total. The number of carbonyl (C=O) groups excluding carboxylic acids is 2. The van der Waals surface area contributed by atoms with Crippen LogP contribution in [-0.2, 0) is 26.0 Å². The molecule has 1 saturated heterocycles. The summed E-state index contributed by atoms with van der Waals surface area (Å²) in [6, 6.07) is 16.9. The molecule has 0 atom stereocenters. The Kier molecular flexibility index (Phi) is 5.22. The quantitative estimate of drug-likeness (QED) is 0.471. The predicted molar refractivity (Wildman–Crippen MR) is 117 cm³/mol. The van der Waals surface area contributed by atoms with Crippen LogP contribution < -0.4 is 15.6 Å². The number of hydrogen-bond donors (Lipinski definition) is 2. The molecular formula is C22H20N4O4S. The van der Waals surface area contributed by atoms with E-state index < -0.39 is 21.8 Å². The summed E-state index contributed by atoms with van der Waals surface area (Å²) >= 11 is 0. The number of sulfonamides is 1. The van der Waals surface area contributed by atoms with Gasteiger partial charge in [0.15, 0.2) is 0 Å². The van der Waals surface area contributed by atoms with Gasteiger partial charge in [-0.15, -0.1) is 0 Å². The Bertz CT molecular complexity index is 1290. The van der Waals surface area contributed by atoms with Crippen molar-refractivity contribution in [3.8, 4) is 5.69 Å². The number of aryl methyl sites for hydroxylation is 1. The van der Waals surface area contributed by atoms with E-state index in [1.165, 1.54) is 23.2 Å². The zero-order valence-corrected chi connectivity index (χ0v) is 17.5. The molecule has 31 heavy (non-hydrogen) atoms. The smallest absolute Gasteiger partial charge is 0.282 e. The molecule has 1 aromatic heterocycles. The van der Waals surface area contributed by atoms with E-state index in [2.05, 4.69) is 5.43 Å². The summed E-state index contributed by atoms with van der Waals surface area (Å²) in [7, 11) is -3.79. The van der Waals surface area contributed by atoms with Crippen LogP contribution in [0.2, 0.25) is 0 Å². The second kappa shape index (κ2) is 7.86. The molecule has 0 bridgehead atoms. The first-order chi connectivity index (χ1) is 14.8. The minimum absolute atomic E-state index is 0.000624. The lowest BCUT2D eigenvalue weighted by atomic mass is 10.1. The van der Waals surface area contributed by atoms with E-state index in [0.29, 0.717) is 17.1 Å². The van der Waals surface area contributed by atoms with Crippen LogP contribution in [0.25, 0.3) is 11.8 Å². The fraction of sp³-hybridized carbons (Fsp3) is 0.0909. The van der Waals surface area contributed by atoms with Gasteiger partial charge in [-0.3, -0.25) is 15.0 Å².